The molecule has 5 nitrogen and oxygen atoms in total. The summed E-state index contributed by atoms with van der Waals surface area (Å²) in [5, 5.41) is 14.4. The summed E-state index contributed by atoms with van der Waals surface area (Å²) < 4.78 is 1.81. The van der Waals surface area contributed by atoms with Gasteiger partial charge in [-0.3, -0.25) is 4.68 Å². The number of carbonyl (C=O) groups is 1. The van der Waals surface area contributed by atoms with Gasteiger partial charge in [0.05, 0.1) is 22.5 Å². The fourth-order valence-electron chi connectivity index (χ4n) is 2.60. The highest BCUT2D eigenvalue weighted by Gasteiger charge is 2.15. The number of fused-ring (bicyclic) bond motifs is 1. The molecule has 0 fully saturated rings. The zero-order valence-electron chi connectivity index (χ0n) is 12.6. The summed E-state index contributed by atoms with van der Waals surface area (Å²) in [5.74, 6) is -0.940. The minimum atomic E-state index is -0.940. The summed E-state index contributed by atoms with van der Waals surface area (Å²) in [5.41, 5.74) is 3.53. The van der Waals surface area contributed by atoms with Crippen LogP contribution in [0.25, 0.3) is 22.3 Å². The van der Waals surface area contributed by atoms with E-state index in [-0.39, 0.29) is 5.56 Å². The SMILES string of the molecule is CCc1ccc2nc(-c3ccnn3CC)cc(C(=O)O)c2c1. The molecular formula is C17H17N3O2. The lowest BCUT2D eigenvalue weighted by Gasteiger charge is -2.09. The van der Waals surface area contributed by atoms with Crippen LogP contribution in [0.3, 0.4) is 0 Å². The Morgan fingerprint density at radius 1 is 1.23 bits per heavy atom. The van der Waals surface area contributed by atoms with E-state index in [0.717, 1.165) is 17.7 Å². The third-order valence-electron chi connectivity index (χ3n) is 3.79. The Morgan fingerprint density at radius 2 is 2.05 bits per heavy atom. The van der Waals surface area contributed by atoms with Gasteiger partial charge in [-0.1, -0.05) is 13.0 Å². The van der Waals surface area contributed by atoms with E-state index in [9.17, 15) is 9.90 Å². The summed E-state index contributed by atoms with van der Waals surface area (Å²) in [4.78, 5) is 16.3. The van der Waals surface area contributed by atoms with Crippen molar-refractivity contribution in [3.63, 3.8) is 0 Å². The number of carboxylic acids is 1. The molecule has 0 amide bonds. The van der Waals surface area contributed by atoms with Crippen LogP contribution >= 0.6 is 0 Å². The molecule has 2 heterocycles. The molecule has 0 bridgehead atoms. The van der Waals surface area contributed by atoms with E-state index in [2.05, 4.69) is 10.1 Å². The molecule has 1 aromatic carbocycles. The van der Waals surface area contributed by atoms with Crippen molar-refractivity contribution in [2.24, 2.45) is 0 Å². The van der Waals surface area contributed by atoms with E-state index in [1.807, 2.05) is 38.1 Å². The molecule has 3 aromatic rings. The number of nitrogens with zero attached hydrogens (tertiary/aromatic N) is 3. The van der Waals surface area contributed by atoms with E-state index in [4.69, 9.17) is 0 Å². The van der Waals surface area contributed by atoms with E-state index in [1.165, 1.54) is 0 Å². The van der Waals surface area contributed by atoms with Gasteiger partial charge in [-0.2, -0.15) is 5.10 Å². The van der Waals surface area contributed by atoms with Crippen LogP contribution < -0.4 is 0 Å². The molecule has 22 heavy (non-hydrogen) atoms. The van der Waals surface area contributed by atoms with Crippen molar-refractivity contribution in [1.82, 2.24) is 14.8 Å². The van der Waals surface area contributed by atoms with Gasteiger partial charge >= 0.3 is 5.97 Å². The molecule has 0 saturated heterocycles. The minimum Gasteiger partial charge on any atom is -0.478 e. The van der Waals surface area contributed by atoms with Gasteiger partial charge in [0.15, 0.2) is 0 Å². The van der Waals surface area contributed by atoms with Crippen LogP contribution in [0.15, 0.2) is 36.5 Å². The first kappa shape index (κ1) is 14.3. The molecule has 1 N–H and O–H groups in total. The first-order valence-corrected chi connectivity index (χ1v) is 7.33. The fraction of sp³-hybridized carbons (Fsp3) is 0.235. The van der Waals surface area contributed by atoms with Crippen molar-refractivity contribution in [3.8, 4) is 11.4 Å². The number of aromatic nitrogens is 3. The second-order valence-electron chi connectivity index (χ2n) is 5.10. The predicted octanol–water partition coefficient (Wildman–Crippen LogP) is 3.38. The van der Waals surface area contributed by atoms with Crippen molar-refractivity contribution in [2.45, 2.75) is 26.8 Å². The lowest BCUT2D eigenvalue weighted by atomic mass is 10.0. The van der Waals surface area contributed by atoms with Crippen LogP contribution in [0.1, 0.15) is 29.8 Å². The van der Waals surface area contributed by atoms with Crippen molar-refractivity contribution in [3.05, 3.63) is 47.7 Å². The van der Waals surface area contributed by atoms with Gasteiger partial charge in [0.2, 0.25) is 0 Å². The zero-order chi connectivity index (χ0) is 15.7. The van der Waals surface area contributed by atoms with E-state index in [1.54, 1.807) is 16.9 Å². The molecule has 0 atom stereocenters. The molecule has 112 valence electrons. The molecule has 0 aliphatic carbocycles. The Kier molecular flexibility index (Phi) is 3.63. The number of rotatable bonds is 4. The highest BCUT2D eigenvalue weighted by atomic mass is 16.4. The molecule has 0 radical (unpaired) electrons. The average Bonchev–Trinajstić information content (AvgIpc) is 3.01. The molecule has 3 rings (SSSR count). The summed E-state index contributed by atoms with van der Waals surface area (Å²) >= 11 is 0. The Labute approximate surface area is 128 Å². The molecule has 0 unspecified atom stereocenters. The number of hydrogen-bond acceptors (Lipinski definition) is 3. The van der Waals surface area contributed by atoms with Crippen LogP contribution in [0, 0.1) is 0 Å². The number of pyridine rings is 1. The molecule has 2 aromatic heterocycles. The van der Waals surface area contributed by atoms with Crippen LogP contribution in [0.5, 0.6) is 0 Å². The predicted molar refractivity (Wildman–Crippen MR) is 85.0 cm³/mol. The standard InChI is InChI=1S/C17H17N3O2/c1-3-11-5-6-14-12(9-11)13(17(21)22)10-15(19-14)16-7-8-18-20(16)4-2/h5-10H,3-4H2,1-2H3,(H,21,22). The van der Waals surface area contributed by atoms with Crippen molar-refractivity contribution in [1.29, 1.82) is 0 Å². The number of benzene rings is 1. The van der Waals surface area contributed by atoms with Gasteiger partial charge in [0.25, 0.3) is 0 Å². The maximum absolute atomic E-state index is 11.6. The monoisotopic (exact) mass is 295 g/mol. The number of aryl methyl sites for hydroxylation is 2. The lowest BCUT2D eigenvalue weighted by Crippen LogP contribution is -2.04. The molecule has 0 saturated carbocycles. The average molecular weight is 295 g/mol. The third kappa shape index (κ3) is 2.35. The maximum atomic E-state index is 11.6. The Hall–Kier alpha value is -2.69. The number of aromatic carboxylic acids is 1. The highest BCUT2D eigenvalue weighted by Crippen LogP contribution is 2.26. The quantitative estimate of drug-likeness (QED) is 0.801. The van der Waals surface area contributed by atoms with Gasteiger partial charge in [-0.25, -0.2) is 9.78 Å². The number of hydrogen-bond donors (Lipinski definition) is 1. The van der Waals surface area contributed by atoms with Gasteiger partial charge in [-0.05, 0) is 43.2 Å². The van der Waals surface area contributed by atoms with Crippen molar-refractivity contribution in [2.75, 3.05) is 0 Å². The second-order valence-corrected chi connectivity index (χ2v) is 5.10. The van der Waals surface area contributed by atoms with E-state index >= 15 is 0 Å². The number of carboxylic acid groups (broad SMARTS) is 1. The Balaban J connectivity index is 2.28. The van der Waals surface area contributed by atoms with Gasteiger partial charge in [-0.15, -0.1) is 0 Å². The van der Waals surface area contributed by atoms with Crippen LogP contribution in [-0.2, 0) is 13.0 Å². The maximum Gasteiger partial charge on any atom is 0.336 e. The topological polar surface area (TPSA) is 68.0 Å². The summed E-state index contributed by atoms with van der Waals surface area (Å²) in [7, 11) is 0. The first-order chi connectivity index (χ1) is 10.6. The smallest absolute Gasteiger partial charge is 0.336 e. The third-order valence-corrected chi connectivity index (χ3v) is 3.79. The summed E-state index contributed by atoms with van der Waals surface area (Å²) in [6.45, 7) is 4.74. The molecule has 0 aliphatic rings. The van der Waals surface area contributed by atoms with Crippen LogP contribution in [0.2, 0.25) is 0 Å². The van der Waals surface area contributed by atoms with Crippen LogP contribution in [-0.4, -0.2) is 25.8 Å². The molecule has 0 aliphatic heterocycles. The second kappa shape index (κ2) is 5.60. The molecular weight excluding hydrogens is 278 g/mol. The minimum absolute atomic E-state index is 0.277. The fourth-order valence-corrected chi connectivity index (χ4v) is 2.60. The van der Waals surface area contributed by atoms with Crippen LogP contribution in [0.4, 0.5) is 0 Å². The van der Waals surface area contributed by atoms with Gasteiger partial charge < -0.3 is 5.11 Å². The van der Waals surface area contributed by atoms with E-state index < -0.39 is 5.97 Å². The van der Waals surface area contributed by atoms with Gasteiger partial charge in [0, 0.05) is 18.1 Å². The highest BCUT2D eigenvalue weighted by molar-refractivity contribution is 6.03. The molecule has 0 spiro atoms. The summed E-state index contributed by atoms with van der Waals surface area (Å²) in [6, 6.07) is 9.27. The molecule has 5 heteroatoms. The zero-order valence-corrected chi connectivity index (χ0v) is 12.6. The van der Waals surface area contributed by atoms with Gasteiger partial charge in [0.1, 0.15) is 0 Å². The summed E-state index contributed by atoms with van der Waals surface area (Å²) in [6.07, 6.45) is 2.56. The van der Waals surface area contributed by atoms with E-state index in [0.29, 0.717) is 23.1 Å². The lowest BCUT2D eigenvalue weighted by molar-refractivity contribution is 0.0699. The normalized spacial score (nSPS) is 11.0. The Morgan fingerprint density at radius 3 is 2.73 bits per heavy atom. The van der Waals surface area contributed by atoms with Crippen molar-refractivity contribution >= 4 is 16.9 Å². The van der Waals surface area contributed by atoms with Crippen molar-refractivity contribution < 1.29 is 9.90 Å². The largest absolute Gasteiger partial charge is 0.478 e. The first-order valence-electron chi connectivity index (χ1n) is 7.33. The Bertz CT molecular complexity index is 852.